The Hall–Kier alpha value is -3.22. The molecule has 4 amide bonds. The number of para-hydroxylation sites is 1. The highest BCUT2D eigenvalue weighted by atomic mass is 16.5. The Labute approximate surface area is 319 Å². The Morgan fingerprint density at radius 1 is 0.943 bits per heavy atom. The average Bonchev–Trinajstić information content (AvgIpc) is 3.60. The van der Waals surface area contributed by atoms with Crippen LogP contribution in [0, 0.1) is 23.7 Å². The fourth-order valence-corrected chi connectivity index (χ4v) is 7.76. The summed E-state index contributed by atoms with van der Waals surface area (Å²) in [5, 5.41) is 16.1. The lowest BCUT2D eigenvalue weighted by Gasteiger charge is -2.41. The van der Waals surface area contributed by atoms with E-state index >= 15 is 0 Å². The molecule has 302 valence electrons. The van der Waals surface area contributed by atoms with Gasteiger partial charge in [0.05, 0.1) is 42.7 Å². The van der Waals surface area contributed by atoms with Crippen LogP contribution in [0.15, 0.2) is 24.3 Å². The number of ether oxygens (including phenoxy) is 2. The molecule has 2 rings (SSSR count). The molecule has 1 heterocycles. The molecule has 0 saturated carbocycles. The first kappa shape index (κ1) is 45.9. The van der Waals surface area contributed by atoms with E-state index in [4.69, 9.17) is 9.47 Å². The number of phenolic OH excluding ortho intramolecular Hbond substituents is 1. The van der Waals surface area contributed by atoms with Crippen LogP contribution in [0.5, 0.6) is 5.75 Å². The number of hydrogen-bond donors (Lipinski definition) is 3. The number of nitrogens with zero attached hydrogens (tertiary/aromatic N) is 3. The topological polar surface area (TPSA) is 141 Å². The van der Waals surface area contributed by atoms with Gasteiger partial charge in [0.15, 0.2) is 0 Å². The van der Waals surface area contributed by atoms with Crippen LogP contribution in [0.2, 0.25) is 0 Å². The fourth-order valence-electron chi connectivity index (χ4n) is 7.76. The second kappa shape index (κ2) is 21.6. The van der Waals surface area contributed by atoms with E-state index < -0.39 is 36.3 Å². The smallest absolute Gasteiger partial charge is 0.245 e. The molecule has 0 unspecified atom stereocenters. The Balaban J connectivity index is 2.23. The van der Waals surface area contributed by atoms with Crippen molar-refractivity contribution in [3.05, 3.63) is 29.8 Å². The Morgan fingerprint density at radius 3 is 2.11 bits per heavy atom. The summed E-state index contributed by atoms with van der Waals surface area (Å²) >= 11 is 0. The van der Waals surface area contributed by atoms with Gasteiger partial charge in [0, 0.05) is 40.4 Å². The standard InChI is InChI=1S/C41H71N5O7/c1-14-28(8)37(45(11)41(51)35(25(2)3)43-40(50)36(26(4)5)44(10)27(6)7)33(52-12)24-34(48)46-23-17-19-31(46)38(53-13)29(9)39(49)42-22-21-30-18-15-16-20-32(30)47/h15-16,18,20,25-29,31,33,35-38,47H,14,17,19,21-24H2,1-13H3,(H,42,49)(H,43,50)/t28-,29+,31-,33+,35-,36-,37-,38+/m0/s1. The molecule has 0 bridgehead atoms. The minimum absolute atomic E-state index is 0.0108. The van der Waals surface area contributed by atoms with Crippen LogP contribution in [0.3, 0.4) is 0 Å². The molecule has 1 aliphatic rings. The highest BCUT2D eigenvalue weighted by Crippen LogP contribution is 2.30. The van der Waals surface area contributed by atoms with Crippen molar-refractivity contribution in [2.45, 2.75) is 137 Å². The van der Waals surface area contributed by atoms with E-state index in [1.807, 2.05) is 77.4 Å². The second-order valence-electron chi connectivity index (χ2n) is 15.9. The second-order valence-corrected chi connectivity index (χ2v) is 15.9. The van der Waals surface area contributed by atoms with Gasteiger partial charge in [0.2, 0.25) is 23.6 Å². The lowest BCUT2D eigenvalue weighted by atomic mass is 9.89. The molecule has 0 radical (unpaired) electrons. The minimum Gasteiger partial charge on any atom is -0.508 e. The Kier molecular flexibility index (Phi) is 18.7. The van der Waals surface area contributed by atoms with Gasteiger partial charge in [-0.3, -0.25) is 24.1 Å². The lowest BCUT2D eigenvalue weighted by molar-refractivity contribution is -0.148. The average molecular weight is 746 g/mol. The predicted molar refractivity (Wildman–Crippen MR) is 209 cm³/mol. The molecule has 1 aromatic rings. The van der Waals surface area contributed by atoms with Crippen molar-refractivity contribution < 1.29 is 33.8 Å². The maximum Gasteiger partial charge on any atom is 0.245 e. The molecule has 1 saturated heterocycles. The van der Waals surface area contributed by atoms with E-state index in [9.17, 15) is 24.3 Å². The molecule has 3 N–H and O–H groups in total. The molecule has 1 fully saturated rings. The molecule has 8 atom stereocenters. The Bertz CT molecular complexity index is 1320. The van der Waals surface area contributed by atoms with Crippen LogP contribution >= 0.6 is 0 Å². The maximum atomic E-state index is 14.3. The highest BCUT2D eigenvalue weighted by molar-refractivity contribution is 5.90. The lowest BCUT2D eigenvalue weighted by Crippen LogP contribution is -2.60. The molecule has 1 aliphatic heterocycles. The number of phenols is 1. The van der Waals surface area contributed by atoms with Gasteiger partial charge in [-0.05, 0) is 69.5 Å². The maximum absolute atomic E-state index is 14.3. The van der Waals surface area contributed by atoms with Crippen LogP contribution in [-0.2, 0) is 35.1 Å². The van der Waals surface area contributed by atoms with E-state index in [0.29, 0.717) is 25.9 Å². The van der Waals surface area contributed by atoms with Crippen molar-refractivity contribution in [2.75, 3.05) is 41.4 Å². The van der Waals surface area contributed by atoms with Crippen molar-refractivity contribution in [2.24, 2.45) is 23.7 Å². The van der Waals surface area contributed by atoms with Gasteiger partial charge in [-0.15, -0.1) is 0 Å². The fraction of sp³-hybridized carbons (Fsp3) is 0.756. The number of likely N-dealkylation sites (N-methyl/N-ethyl adjacent to an activating group) is 2. The number of benzene rings is 1. The molecule has 53 heavy (non-hydrogen) atoms. The molecular formula is C41H71N5O7. The van der Waals surface area contributed by atoms with Gasteiger partial charge in [-0.2, -0.15) is 0 Å². The van der Waals surface area contributed by atoms with Crippen LogP contribution < -0.4 is 10.6 Å². The summed E-state index contributed by atoms with van der Waals surface area (Å²) in [5.41, 5.74) is 0.755. The highest BCUT2D eigenvalue weighted by Gasteiger charge is 2.43. The molecule has 0 aromatic heterocycles. The normalized spacial score (nSPS) is 18.8. The number of carbonyl (C=O) groups is 4. The summed E-state index contributed by atoms with van der Waals surface area (Å²) in [5.74, 6) is -1.17. The first-order valence-electron chi connectivity index (χ1n) is 19.6. The largest absolute Gasteiger partial charge is 0.508 e. The van der Waals surface area contributed by atoms with Crippen LogP contribution in [0.1, 0.15) is 93.6 Å². The third-order valence-electron chi connectivity index (χ3n) is 11.3. The van der Waals surface area contributed by atoms with E-state index in [-0.39, 0.29) is 65.6 Å². The zero-order valence-corrected chi connectivity index (χ0v) is 34.8. The summed E-state index contributed by atoms with van der Waals surface area (Å²) in [4.78, 5) is 61.0. The van der Waals surface area contributed by atoms with E-state index in [1.54, 1.807) is 38.3 Å². The van der Waals surface area contributed by atoms with Gasteiger partial charge >= 0.3 is 0 Å². The summed E-state index contributed by atoms with van der Waals surface area (Å²) < 4.78 is 11.9. The van der Waals surface area contributed by atoms with Crippen molar-refractivity contribution in [1.29, 1.82) is 0 Å². The van der Waals surface area contributed by atoms with Gasteiger partial charge in [0.1, 0.15) is 11.8 Å². The van der Waals surface area contributed by atoms with Crippen LogP contribution in [0.4, 0.5) is 0 Å². The zero-order valence-electron chi connectivity index (χ0n) is 34.8. The van der Waals surface area contributed by atoms with Gasteiger partial charge in [-0.1, -0.05) is 73.1 Å². The Morgan fingerprint density at radius 2 is 1.58 bits per heavy atom. The summed E-state index contributed by atoms with van der Waals surface area (Å²) in [6, 6.07) is 5.31. The number of carbonyl (C=O) groups excluding carboxylic acids is 4. The zero-order chi connectivity index (χ0) is 40.2. The molecule has 12 heteroatoms. The monoisotopic (exact) mass is 746 g/mol. The number of likely N-dealkylation sites (tertiary alicyclic amines) is 1. The summed E-state index contributed by atoms with van der Waals surface area (Å²) in [6.07, 6.45) is 1.63. The van der Waals surface area contributed by atoms with Crippen LogP contribution in [-0.4, -0.2) is 127 Å². The van der Waals surface area contributed by atoms with Crippen molar-refractivity contribution in [1.82, 2.24) is 25.3 Å². The first-order valence-corrected chi connectivity index (χ1v) is 19.6. The third-order valence-corrected chi connectivity index (χ3v) is 11.3. The minimum atomic E-state index is -0.759. The van der Waals surface area contributed by atoms with Gasteiger partial charge < -0.3 is 35.0 Å². The number of aromatic hydroxyl groups is 1. The number of hydrogen-bond acceptors (Lipinski definition) is 8. The summed E-state index contributed by atoms with van der Waals surface area (Å²) in [6.45, 7) is 18.8. The molecule has 12 nitrogen and oxygen atoms in total. The quantitative estimate of drug-likeness (QED) is 0.168. The molecule has 1 aromatic carbocycles. The van der Waals surface area contributed by atoms with Crippen LogP contribution in [0.25, 0.3) is 0 Å². The molecule has 0 spiro atoms. The number of amides is 4. The number of nitrogens with one attached hydrogen (secondary N) is 2. The van der Waals surface area contributed by atoms with Crippen molar-refractivity contribution >= 4 is 23.6 Å². The predicted octanol–water partition coefficient (Wildman–Crippen LogP) is 4.48. The number of rotatable bonds is 21. The first-order chi connectivity index (χ1) is 24.9. The number of methoxy groups -OCH3 is 2. The van der Waals surface area contributed by atoms with E-state index in [0.717, 1.165) is 18.4 Å². The van der Waals surface area contributed by atoms with E-state index in [1.165, 1.54) is 0 Å². The molecular weight excluding hydrogens is 674 g/mol. The molecule has 0 aliphatic carbocycles. The van der Waals surface area contributed by atoms with Crippen molar-refractivity contribution in [3.63, 3.8) is 0 Å². The summed E-state index contributed by atoms with van der Waals surface area (Å²) in [7, 11) is 6.82. The SMILES string of the molecule is CC[C@H](C)[C@@H]([C@@H](CC(=O)N1CCC[C@H]1[C@H](OC)[C@@H](C)C(=O)NCCc1ccccc1O)OC)N(C)C(=O)[C@@H](NC(=O)[C@H](C(C)C)N(C)C(C)C)C(C)C. The van der Waals surface area contributed by atoms with Gasteiger partial charge in [-0.25, -0.2) is 0 Å². The van der Waals surface area contributed by atoms with Gasteiger partial charge in [0.25, 0.3) is 0 Å². The van der Waals surface area contributed by atoms with Crippen molar-refractivity contribution in [3.8, 4) is 5.75 Å². The third kappa shape index (κ3) is 12.1. The van der Waals surface area contributed by atoms with E-state index in [2.05, 4.69) is 24.5 Å².